The number of aryl methyl sites for hydroxylation is 1. The minimum Gasteiger partial charge on any atom is -0.460 e. The maximum Gasteiger partial charge on any atom is 0.305 e. The van der Waals surface area contributed by atoms with Crippen molar-refractivity contribution >= 4 is 17.6 Å². The molecule has 2 aromatic carbocycles. The van der Waals surface area contributed by atoms with Crippen LogP contribution in [0.3, 0.4) is 0 Å². The Balaban J connectivity index is 1.38. The molecule has 1 amide bonds. The Morgan fingerprint density at radius 3 is 2.49 bits per heavy atom. The summed E-state index contributed by atoms with van der Waals surface area (Å²) in [6.45, 7) is 7.25. The van der Waals surface area contributed by atoms with E-state index in [4.69, 9.17) is 9.47 Å². The third-order valence-corrected chi connectivity index (χ3v) is 7.32. The number of benzene rings is 2. The number of nitrogens with zero attached hydrogens (tertiary/aromatic N) is 2. The summed E-state index contributed by atoms with van der Waals surface area (Å²) in [7, 11) is 0. The van der Waals surface area contributed by atoms with E-state index < -0.39 is 18.0 Å². The van der Waals surface area contributed by atoms with Crippen LogP contribution in [0.4, 0.5) is 10.1 Å². The maximum absolute atomic E-state index is 13.4. The van der Waals surface area contributed by atoms with Crippen LogP contribution in [-0.4, -0.2) is 68.3 Å². The van der Waals surface area contributed by atoms with Crippen molar-refractivity contribution < 1.29 is 23.5 Å². The molecule has 1 N–H and O–H groups in total. The molecule has 0 saturated carbocycles. The van der Waals surface area contributed by atoms with Crippen LogP contribution in [0.5, 0.6) is 0 Å². The smallest absolute Gasteiger partial charge is 0.305 e. The zero-order valence-electron chi connectivity index (χ0n) is 20.0. The summed E-state index contributed by atoms with van der Waals surface area (Å²) >= 11 is 0. The number of ether oxygens (including phenoxy) is 2. The van der Waals surface area contributed by atoms with Gasteiger partial charge in [-0.2, -0.15) is 0 Å². The molecule has 0 radical (unpaired) electrons. The first kappa shape index (κ1) is 23.8. The number of rotatable bonds is 6. The van der Waals surface area contributed by atoms with E-state index in [1.54, 1.807) is 6.92 Å². The Kier molecular flexibility index (Phi) is 7.02. The summed E-state index contributed by atoms with van der Waals surface area (Å²) in [6, 6.07) is 12.0. The minimum atomic E-state index is -0.472. The number of anilines is 1. The Labute approximate surface area is 205 Å². The van der Waals surface area contributed by atoms with Gasteiger partial charge in [-0.05, 0) is 60.4 Å². The van der Waals surface area contributed by atoms with Crippen LogP contribution >= 0.6 is 0 Å². The topological polar surface area (TPSA) is 71.1 Å². The molecule has 7 nitrogen and oxygen atoms in total. The number of nitrogens with one attached hydrogen (secondary N) is 1. The molecular weight excluding hydrogens is 449 g/mol. The van der Waals surface area contributed by atoms with Crippen LogP contribution in [-0.2, 0) is 20.7 Å². The maximum atomic E-state index is 13.4. The van der Waals surface area contributed by atoms with Gasteiger partial charge in [0.15, 0.2) is 0 Å². The molecule has 2 atom stereocenters. The number of carbonyl (C=O) groups excluding carboxylic acids is 2. The molecule has 8 heteroatoms. The van der Waals surface area contributed by atoms with Crippen molar-refractivity contribution in [2.75, 3.05) is 44.3 Å². The van der Waals surface area contributed by atoms with Crippen molar-refractivity contribution in [2.24, 2.45) is 0 Å². The molecule has 0 bridgehead atoms. The van der Waals surface area contributed by atoms with Crippen LogP contribution in [0, 0.1) is 5.82 Å². The zero-order chi connectivity index (χ0) is 24.4. The van der Waals surface area contributed by atoms with Crippen molar-refractivity contribution in [3.05, 3.63) is 65.0 Å². The standard InChI is InChI=1S/C27H32FN3O4/c1-2-25(32)35-24-10-6-18-5-9-21(30-11-13-31(14-12-30)22-16-34-17-22)15-23(18)26(24)29-27(33)19-3-7-20(28)8-4-19/h3-5,7-9,15,22,24,26H,2,6,10-14,16-17H2,1H3,(H,29,33)/t24-,26-/m0/s1. The van der Waals surface area contributed by atoms with Gasteiger partial charge in [-0.25, -0.2) is 4.39 Å². The average Bonchev–Trinajstić information content (AvgIpc) is 2.85. The highest BCUT2D eigenvalue weighted by Crippen LogP contribution is 2.35. The second kappa shape index (κ2) is 10.3. The summed E-state index contributed by atoms with van der Waals surface area (Å²) in [5.41, 5.74) is 3.60. The van der Waals surface area contributed by atoms with Crippen molar-refractivity contribution in [1.29, 1.82) is 0 Å². The fourth-order valence-electron chi connectivity index (χ4n) is 5.12. The first-order chi connectivity index (χ1) is 17.0. The predicted octanol–water partition coefficient (Wildman–Crippen LogP) is 3.09. The van der Waals surface area contributed by atoms with Crippen LogP contribution in [0.25, 0.3) is 0 Å². The molecule has 2 fully saturated rings. The van der Waals surface area contributed by atoms with E-state index in [0.29, 0.717) is 18.0 Å². The van der Waals surface area contributed by atoms with Crippen LogP contribution in [0.15, 0.2) is 42.5 Å². The van der Waals surface area contributed by atoms with E-state index in [9.17, 15) is 14.0 Å². The lowest BCUT2D eigenvalue weighted by atomic mass is 9.84. The number of piperazine rings is 1. The quantitative estimate of drug-likeness (QED) is 0.640. The lowest BCUT2D eigenvalue weighted by Gasteiger charge is -2.43. The van der Waals surface area contributed by atoms with Gasteiger partial charge >= 0.3 is 5.97 Å². The van der Waals surface area contributed by atoms with Gasteiger partial charge in [0.05, 0.1) is 25.3 Å². The number of carbonyl (C=O) groups is 2. The Hall–Kier alpha value is -2.97. The third kappa shape index (κ3) is 5.18. The zero-order valence-corrected chi connectivity index (χ0v) is 20.0. The lowest BCUT2D eigenvalue weighted by Crippen LogP contribution is -2.56. The van der Waals surface area contributed by atoms with Crippen molar-refractivity contribution in [1.82, 2.24) is 10.2 Å². The Morgan fingerprint density at radius 1 is 1.09 bits per heavy atom. The van der Waals surface area contributed by atoms with Gasteiger partial charge in [0.2, 0.25) is 0 Å². The summed E-state index contributed by atoms with van der Waals surface area (Å²) in [5.74, 6) is -0.997. The molecule has 2 aliphatic heterocycles. The van der Waals surface area contributed by atoms with Gasteiger partial charge in [0, 0.05) is 43.9 Å². The van der Waals surface area contributed by atoms with Crippen molar-refractivity contribution in [2.45, 2.75) is 44.4 Å². The number of fused-ring (bicyclic) bond motifs is 1. The molecule has 0 spiro atoms. The van der Waals surface area contributed by atoms with Gasteiger partial charge in [0.25, 0.3) is 5.91 Å². The molecule has 1 aliphatic carbocycles. The fraction of sp³-hybridized carbons (Fsp3) is 0.481. The number of hydrogen-bond acceptors (Lipinski definition) is 6. The third-order valence-electron chi connectivity index (χ3n) is 7.32. The first-order valence-electron chi connectivity index (χ1n) is 12.5. The molecule has 0 aromatic heterocycles. The van der Waals surface area contributed by atoms with Crippen LogP contribution < -0.4 is 10.2 Å². The number of amides is 1. The van der Waals surface area contributed by atoms with E-state index in [1.807, 2.05) is 0 Å². The highest BCUT2D eigenvalue weighted by Gasteiger charge is 2.35. The highest BCUT2D eigenvalue weighted by atomic mass is 19.1. The summed E-state index contributed by atoms with van der Waals surface area (Å²) in [4.78, 5) is 30.1. The Morgan fingerprint density at radius 2 is 1.83 bits per heavy atom. The van der Waals surface area contributed by atoms with Gasteiger partial charge in [-0.1, -0.05) is 13.0 Å². The van der Waals surface area contributed by atoms with Gasteiger partial charge in [-0.15, -0.1) is 0 Å². The first-order valence-corrected chi connectivity index (χ1v) is 12.5. The minimum absolute atomic E-state index is 0.276. The molecule has 2 aromatic rings. The van der Waals surface area contributed by atoms with Crippen molar-refractivity contribution in [3.8, 4) is 0 Å². The monoisotopic (exact) mass is 481 g/mol. The van der Waals surface area contributed by atoms with E-state index in [2.05, 4.69) is 33.3 Å². The van der Waals surface area contributed by atoms with Gasteiger partial charge < -0.3 is 19.7 Å². The molecule has 35 heavy (non-hydrogen) atoms. The SMILES string of the molecule is CCC(=O)O[C@H]1CCc2ccc(N3CCN(C4COC4)CC3)cc2[C@@H]1NC(=O)c1ccc(F)cc1. The van der Waals surface area contributed by atoms with Gasteiger partial charge in [0.1, 0.15) is 11.9 Å². The average molecular weight is 482 g/mol. The number of esters is 1. The van der Waals surface area contributed by atoms with E-state index in [0.717, 1.165) is 62.6 Å². The normalized spacial score (nSPS) is 22.7. The summed E-state index contributed by atoms with van der Waals surface area (Å²) in [6.07, 6.45) is 1.23. The van der Waals surface area contributed by atoms with E-state index in [1.165, 1.54) is 24.3 Å². The molecule has 0 unspecified atom stereocenters. The van der Waals surface area contributed by atoms with Crippen molar-refractivity contribution in [3.63, 3.8) is 0 Å². The molecule has 186 valence electrons. The van der Waals surface area contributed by atoms with Crippen LogP contribution in [0.1, 0.15) is 47.3 Å². The second-order valence-corrected chi connectivity index (χ2v) is 9.48. The summed E-state index contributed by atoms with van der Waals surface area (Å²) in [5, 5.41) is 3.08. The molecule has 3 aliphatic rings. The largest absolute Gasteiger partial charge is 0.460 e. The van der Waals surface area contributed by atoms with E-state index >= 15 is 0 Å². The highest BCUT2D eigenvalue weighted by molar-refractivity contribution is 5.94. The molecule has 5 rings (SSSR count). The molecule has 2 heterocycles. The fourth-order valence-corrected chi connectivity index (χ4v) is 5.12. The number of halogens is 1. The Bertz CT molecular complexity index is 1060. The summed E-state index contributed by atoms with van der Waals surface area (Å²) < 4.78 is 24.5. The number of hydrogen-bond donors (Lipinski definition) is 1. The van der Waals surface area contributed by atoms with Gasteiger partial charge in [-0.3, -0.25) is 14.5 Å². The molecular formula is C27H32FN3O4. The van der Waals surface area contributed by atoms with Crippen LogP contribution in [0.2, 0.25) is 0 Å². The predicted molar refractivity (Wildman–Crippen MR) is 130 cm³/mol. The van der Waals surface area contributed by atoms with E-state index in [-0.39, 0.29) is 18.3 Å². The second-order valence-electron chi connectivity index (χ2n) is 9.48. The molecule has 2 saturated heterocycles. The lowest BCUT2D eigenvalue weighted by molar-refractivity contribution is -0.150.